The van der Waals surface area contributed by atoms with Crippen molar-refractivity contribution in [1.82, 2.24) is 10.2 Å². The molecule has 2 amide bonds. The zero-order valence-electron chi connectivity index (χ0n) is 16.6. The Morgan fingerprint density at radius 3 is 2.46 bits per heavy atom. The number of aryl methyl sites for hydroxylation is 1. The fraction of sp³-hybridized carbons (Fsp3) is 0.364. The number of nitrogens with one attached hydrogen (secondary N) is 1. The molecule has 0 aromatic heterocycles. The van der Waals surface area contributed by atoms with Crippen molar-refractivity contribution in [2.45, 2.75) is 39.8 Å². The molecule has 0 aliphatic heterocycles. The lowest BCUT2D eigenvalue weighted by atomic mass is 10.1. The second-order valence-electron chi connectivity index (χ2n) is 6.67. The summed E-state index contributed by atoms with van der Waals surface area (Å²) in [5, 5.41) is 2.81. The zero-order chi connectivity index (χ0) is 20.5. The van der Waals surface area contributed by atoms with Crippen LogP contribution in [0.2, 0.25) is 0 Å². The lowest BCUT2D eigenvalue weighted by molar-refractivity contribution is -0.142. The minimum absolute atomic E-state index is 0.183. The molecule has 1 atom stereocenters. The molecule has 150 valence electrons. The molecule has 0 spiro atoms. The largest absolute Gasteiger partial charge is 0.484 e. The van der Waals surface area contributed by atoms with Crippen LogP contribution in [0.1, 0.15) is 31.4 Å². The molecule has 0 fully saturated rings. The van der Waals surface area contributed by atoms with Crippen LogP contribution in [0.15, 0.2) is 48.5 Å². The van der Waals surface area contributed by atoms with Crippen LogP contribution in [-0.4, -0.2) is 35.9 Å². The third kappa shape index (κ3) is 6.08. The van der Waals surface area contributed by atoms with Crippen LogP contribution in [0.5, 0.6) is 5.75 Å². The van der Waals surface area contributed by atoms with E-state index in [2.05, 4.69) is 5.32 Å². The predicted octanol–water partition coefficient (Wildman–Crippen LogP) is 3.46. The number of benzene rings is 2. The Morgan fingerprint density at radius 2 is 1.82 bits per heavy atom. The van der Waals surface area contributed by atoms with E-state index in [0.29, 0.717) is 12.3 Å². The van der Waals surface area contributed by atoms with E-state index in [9.17, 15) is 14.0 Å². The van der Waals surface area contributed by atoms with Crippen molar-refractivity contribution in [3.05, 3.63) is 65.5 Å². The molecule has 0 aliphatic rings. The van der Waals surface area contributed by atoms with Gasteiger partial charge in [-0.05, 0) is 49.6 Å². The van der Waals surface area contributed by atoms with Gasteiger partial charge in [0.1, 0.15) is 17.6 Å². The number of halogens is 1. The average Bonchev–Trinajstić information content (AvgIpc) is 2.70. The highest BCUT2D eigenvalue weighted by Gasteiger charge is 2.26. The normalized spacial score (nSPS) is 11.6. The second kappa shape index (κ2) is 10.4. The fourth-order valence-corrected chi connectivity index (χ4v) is 2.71. The van der Waals surface area contributed by atoms with Crippen LogP contribution in [0.25, 0.3) is 0 Å². The molecule has 5 nitrogen and oxygen atoms in total. The summed E-state index contributed by atoms with van der Waals surface area (Å²) in [4.78, 5) is 26.7. The first-order valence-electron chi connectivity index (χ1n) is 9.42. The first-order chi connectivity index (χ1) is 13.4. The SMILES string of the molecule is CCCNC(=O)[C@@H](C)N(Cc1ccc(F)cc1)C(=O)COc1ccccc1C. The summed E-state index contributed by atoms with van der Waals surface area (Å²) >= 11 is 0. The van der Waals surface area contributed by atoms with Gasteiger partial charge in [0.15, 0.2) is 6.61 Å². The molecule has 2 rings (SSSR count). The number of ether oxygens (including phenoxy) is 1. The standard InChI is InChI=1S/C22H27FN2O3/c1-4-13-24-22(27)17(3)25(14-18-9-11-19(23)12-10-18)21(26)15-28-20-8-6-5-7-16(20)2/h5-12,17H,4,13-15H2,1-3H3,(H,24,27)/t17-/m1/s1. The van der Waals surface area contributed by atoms with E-state index in [4.69, 9.17) is 4.74 Å². The summed E-state index contributed by atoms with van der Waals surface area (Å²) in [5.41, 5.74) is 1.66. The average molecular weight is 386 g/mol. The summed E-state index contributed by atoms with van der Waals surface area (Å²) < 4.78 is 18.9. The van der Waals surface area contributed by atoms with Crippen molar-refractivity contribution >= 4 is 11.8 Å². The Labute approximate surface area is 165 Å². The smallest absolute Gasteiger partial charge is 0.261 e. The van der Waals surface area contributed by atoms with Gasteiger partial charge in [-0.15, -0.1) is 0 Å². The van der Waals surface area contributed by atoms with E-state index < -0.39 is 6.04 Å². The Hall–Kier alpha value is -2.89. The third-order valence-electron chi connectivity index (χ3n) is 4.43. The van der Waals surface area contributed by atoms with E-state index in [1.54, 1.807) is 25.1 Å². The van der Waals surface area contributed by atoms with Crippen molar-refractivity contribution in [3.63, 3.8) is 0 Å². The molecular weight excluding hydrogens is 359 g/mol. The van der Waals surface area contributed by atoms with Gasteiger partial charge in [0.25, 0.3) is 5.91 Å². The Balaban J connectivity index is 2.13. The summed E-state index contributed by atoms with van der Waals surface area (Å²) in [5.74, 6) is -0.265. The van der Waals surface area contributed by atoms with Crippen molar-refractivity contribution < 1.29 is 18.7 Å². The Bertz CT molecular complexity index is 793. The molecule has 0 bridgehead atoms. The highest BCUT2D eigenvalue weighted by molar-refractivity contribution is 5.87. The topological polar surface area (TPSA) is 58.6 Å². The van der Waals surface area contributed by atoms with Crippen molar-refractivity contribution in [2.24, 2.45) is 0 Å². The van der Waals surface area contributed by atoms with Crippen molar-refractivity contribution in [2.75, 3.05) is 13.2 Å². The van der Waals surface area contributed by atoms with Crippen LogP contribution < -0.4 is 10.1 Å². The van der Waals surface area contributed by atoms with Crippen LogP contribution in [0, 0.1) is 12.7 Å². The van der Waals surface area contributed by atoms with Crippen LogP contribution in [-0.2, 0) is 16.1 Å². The van der Waals surface area contributed by atoms with Crippen molar-refractivity contribution in [1.29, 1.82) is 0 Å². The lowest BCUT2D eigenvalue weighted by Gasteiger charge is -2.28. The first-order valence-corrected chi connectivity index (χ1v) is 9.42. The molecule has 0 unspecified atom stereocenters. The van der Waals surface area contributed by atoms with E-state index >= 15 is 0 Å². The Morgan fingerprint density at radius 1 is 1.14 bits per heavy atom. The number of nitrogens with zero attached hydrogens (tertiary/aromatic N) is 1. The third-order valence-corrected chi connectivity index (χ3v) is 4.43. The molecule has 2 aromatic rings. The number of rotatable bonds is 9. The number of amides is 2. The van der Waals surface area contributed by atoms with E-state index in [1.165, 1.54) is 17.0 Å². The maximum Gasteiger partial charge on any atom is 0.261 e. The molecule has 6 heteroatoms. The van der Waals surface area contributed by atoms with Gasteiger partial charge in [0.2, 0.25) is 5.91 Å². The summed E-state index contributed by atoms with van der Waals surface area (Å²) in [6.45, 7) is 6.09. The quantitative estimate of drug-likeness (QED) is 0.718. The zero-order valence-corrected chi connectivity index (χ0v) is 16.6. The minimum atomic E-state index is -0.676. The van der Waals surface area contributed by atoms with E-state index in [0.717, 1.165) is 17.5 Å². The fourth-order valence-electron chi connectivity index (χ4n) is 2.71. The van der Waals surface area contributed by atoms with Crippen molar-refractivity contribution in [3.8, 4) is 5.75 Å². The van der Waals surface area contributed by atoms with Gasteiger partial charge in [-0.2, -0.15) is 0 Å². The Kier molecular flexibility index (Phi) is 7.99. The summed E-state index contributed by atoms with van der Waals surface area (Å²) in [6.07, 6.45) is 0.806. The van der Waals surface area contributed by atoms with Crippen LogP contribution in [0.4, 0.5) is 4.39 Å². The van der Waals surface area contributed by atoms with Crippen LogP contribution >= 0.6 is 0 Å². The highest BCUT2D eigenvalue weighted by atomic mass is 19.1. The van der Waals surface area contributed by atoms with Gasteiger partial charge >= 0.3 is 0 Å². The van der Waals surface area contributed by atoms with E-state index in [1.807, 2.05) is 32.0 Å². The molecule has 0 saturated heterocycles. The molecular formula is C22H27FN2O3. The highest BCUT2D eigenvalue weighted by Crippen LogP contribution is 2.17. The predicted molar refractivity (Wildman–Crippen MR) is 106 cm³/mol. The lowest BCUT2D eigenvalue weighted by Crippen LogP contribution is -2.49. The number of carbonyl (C=O) groups is 2. The van der Waals surface area contributed by atoms with E-state index in [-0.39, 0.29) is 30.8 Å². The number of carbonyl (C=O) groups excluding carboxylic acids is 2. The van der Waals surface area contributed by atoms with Gasteiger partial charge in [-0.3, -0.25) is 9.59 Å². The monoisotopic (exact) mass is 386 g/mol. The maximum atomic E-state index is 13.2. The van der Waals surface area contributed by atoms with Crippen LogP contribution in [0.3, 0.4) is 0 Å². The molecule has 0 heterocycles. The molecule has 0 radical (unpaired) electrons. The second-order valence-corrected chi connectivity index (χ2v) is 6.67. The van der Waals surface area contributed by atoms with Gasteiger partial charge in [0.05, 0.1) is 0 Å². The van der Waals surface area contributed by atoms with Gasteiger partial charge in [-0.25, -0.2) is 4.39 Å². The number of hydrogen-bond acceptors (Lipinski definition) is 3. The number of para-hydroxylation sites is 1. The van der Waals surface area contributed by atoms with Gasteiger partial charge < -0.3 is 15.0 Å². The first kappa shape index (κ1) is 21.4. The number of hydrogen-bond donors (Lipinski definition) is 1. The molecule has 28 heavy (non-hydrogen) atoms. The van der Waals surface area contributed by atoms with Gasteiger partial charge in [-0.1, -0.05) is 37.3 Å². The minimum Gasteiger partial charge on any atom is -0.484 e. The molecule has 2 aromatic carbocycles. The molecule has 0 aliphatic carbocycles. The molecule has 0 saturated carbocycles. The maximum absolute atomic E-state index is 13.2. The summed E-state index contributed by atoms with van der Waals surface area (Å²) in [6, 6.07) is 12.6. The summed E-state index contributed by atoms with van der Waals surface area (Å²) in [7, 11) is 0. The van der Waals surface area contributed by atoms with Gasteiger partial charge in [0, 0.05) is 13.1 Å². The molecule has 1 N–H and O–H groups in total.